The Morgan fingerprint density at radius 2 is 1.95 bits per heavy atom. The molecule has 0 fully saturated rings. The van der Waals surface area contributed by atoms with Crippen molar-refractivity contribution in [2.45, 2.75) is 19.9 Å². The van der Waals surface area contributed by atoms with E-state index in [2.05, 4.69) is 27.9 Å². The van der Waals surface area contributed by atoms with Crippen molar-refractivity contribution < 1.29 is 4.79 Å². The molecule has 0 saturated carbocycles. The minimum atomic E-state index is -0.0816. The van der Waals surface area contributed by atoms with E-state index in [1.807, 2.05) is 38.1 Å². The van der Waals surface area contributed by atoms with Crippen LogP contribution in [0.4, 0.5) is 0 Å². The molecule has 2 nitrogen and oxygen atoms in total. The van der Waals surface area contributed by atoms with Crippen molar-refractivity contribution in [2.24, 2.45) is 0 Å². The van der Waals surface area contributed by atoms with E-state index in [9.17, 15) is 4.79 Å². The van der Waals surface area contributed by atoms with Crippen LogP contribution in [-0.4, -0.2) is 5.91 Å². The molecule has 0 radical (unpaired) electrons. The third kappa shape index (κ3) is 3.52. The van der Waals surface area contributed by atoms with E-state index < -0.39 is 0 Å². The maximum Gasteiger partial charge on any atom is 0.252 e. The highest BCUT2D eigenvalue weighted by Crippen LogP contribution is 2.20. The van der Waals surface area contributed by atoms with Crippen LogP contribution in [0.25, 0.3) is 0 Å². The van der Waals surface area contributed by atoms with Gasteiger partial charge in [-0.1, -0.05) is 35.9 Å². The molecule has 0 bridgehead atoms. The number of amides is 1. The quantitative estimate of drug-likeness (QED) is 0.742. The van der Waals surface area contributed by atoms with Crippen molar-refractivity contribution in [1.29, 1.82) is 0 Å². The van der Waals surface area contributed by atoms with Crippen LogP contribution in [0.5, 0.6) is 0 Å². The van der Waals surface area contributed by atoms with Gasteiger partial charge in [0, 0.05) is 8.59 Å². The Labute approximate surface area is 137 Å². The number of halogens is 2. The summed E-state index contributed by atoms with van der Waals surface area (Å²) in [5.41, 5.74) is 2.95. The standard InChI is InChI=1S/C16H15ClINO/c1-10-5-3-4-6-13(10)11(2)19-16(20)14-8-7-12(17)9-15(14)18/h3-9,11H,1-2H3,(H,19,20). The van der Waals surface area contributed by atoms with Crippen LogP contribution in [0, 0.1) is 10.5 Å². The van der Waals surface area contributed by atoms with Gasteiger partial charge in [0.05, 0.1) is 11.6 Å². The topological polar surface area (TPSA) is 29.1 Å². The summed E-state index contributed by atoms with van der Waals surface area (Å²) in [5, 5.41) is 3.66. The highest BCUT2D eigenvalue weighted by atomic mass is 127. The lowest BCUT2D eigenvalue weighted by Crippen LogP contribution is -2.27. The summed E-state index contributed by atoms with van der Waals surface area (Å²) < 4.78 is 0.851. The molecule has 0 aliphatic rings. The molecule has 0 aliphatic carbocycles. The Balaban J connectivity index is 2.17. The molecule has 0 aromatic heterocycles. The zero-order valence-corrected chi connectivity index (χ0v) is 14.2. The lowest BCUT2D eigenvalue weighted by atomic mass is 10.0. The van der Waals surface area contributed by atoms with Crippen LogP contribution in [0.1, 0.15) is 34.5 Å². The summed E-state index contributed by atoms with van der Waals surface area (Å²) in [7, 11) is 0. The summed E-state index contributed by atoms with van der Waals surface area (Å²) >= 11 is 8.03. The van der Waals surface area contributed by atoms with Gasteiger partial charge in [0.2, 0.25) is 0 Å². The van der Waals surface area contributed by atoms with Crippen molar-refractivity contribution in [2.75, 3.05) is 0 Å². The van der Waals surface area contributed by atoms with Crippen molar-refractivity contribution in [3.05, 3.63) is 67.7 Å². The van der Waals surface area contributed by atoms with Crippen molar-refractivity contribution in [3.63, 3.8) is 0 Å². The molecule has 4 heteroatoms. The Bertz CT molecular complexity index is 642. The van der Waals surface area contributed by atoms with Crippen LogP contribution >= 0.6 is 34.2 Å². The summed E-state index contributed by atoms with van der Waals surface area (Å²) in [6, 6.07) is 13.3. The number of aryl methyl sites for hydroxylation is 1. The van der Waals surface area contributed by atoms with E-state index in [4.69, 9.17) is 11.6 Å². The number of carbonyl (C=O) groups is 1. The molecule has 2 rings (SSSR count). The number of rotatable bonds is 3. The molecule has 2 aromatic rings. The summed E-state index contributed by atoms with van der Waals surface area (Å²) in [6.07, 6.45) is 0. The zero-order chi connectivity index (χ0) is 14.7. The van der Waals surface area contributed by atoms with Crippen molar-refractivity contribution >= 4 is 40.1 Å². The second-order valence-electron chi connectivity index (χ2n) is 4.68. The fourth-order valence-corrected chi connectivity index (χ4v) is 3.21. The Morgan fingerprint density at radius 1 is 1.25 bits per heavy atom. The number of benzene rings is 2. The van der Waals surface area contributed by atoms with Crippen LogP contribution in [0.3, 0.4) is 0 Å². The molecule has 0 heterocycles. The molecule has 104 valence electrons. The first kappa shape index (κ1) is 15.3. The van der Waals surface area contributed by atoms with Crippen molar-refractivity contribution in [1.82, 2.24) is 5.32 Å². The molecule has 1 N–H and O–H groups in total. The van der Waals surface area contributed by atoms with E-state index >= 15 is 0 Å². The second-order valence-corrected chi connectivity index (χ2v) is 6.27. The van der Waals surface area contributed by atoms with Gasteiger partial charge in [0.15, 0.2) is 0 Å². The number of hydrogen-bond acceptors (Lipinski definition) is 1. The minimum absolute atomic E-state index is 0.0322. The van der Waals surface area contributed by atoms with Gasteiger partial charge >= 0.3 is 0 Å². The molecule has 0 saturated heterocycles. The van der Waals surface area contributed by atoms with Gasteiger partial charge in [0.25, 0.3) is 5.91 Å². The maximum absolute atomic E-state index is 12.3. The molecule has 2 aromatic carbocycles. The second kappa shape index (κ2) is 6.59. The fraction of sp³-hybridized carbons (Fsp3) is 0.188. The normalized spacial score (nSPS) is 12.0. The van der Waals surface area contributed by atoms with E-state index in [0.717, 1.165) is 9.13 Å². The number of carbonyl (C=O) groups excluding carboxylic acids is 1. The highest BCUT2D eigenvalue weighted by Gasteiger charge is 2.15. The third-order valence-corrected chi connectivity index (χ3v) is 4.31. The largest absolute Gasteiger partial charge is 0.345 e. The first-order chi connectivity index (χ1) is 9.49. The van der Waals surface area contributed by atoms with Gasteiger partial charge in [-0.15, -0.1) is 0 Å². The van der Waals surface area contributed by atoms with E-state index in [1.54, 1.807) is 18.2 Å². The van der Waals surface area contributed by atoms with E-state index in [-0.39, 0.29) is 11.9 Å². The van der Waals surface area contributed by atoms with Gasteiger partial charge in [-0.25, -0.2) is 0 Å². The van der Waals surface area contributed by atoms with Crippen LogP contribution < -0.4 is 5.32 Å². The molecular formula is C16H15ClINO. The predicted molar refractivity (Wildman–Crippen MR) is 91.2 cm³/mol. The SMILES string of the molecule is Cc1ccccc1C(C)NC(=O)c1ccc(Cl)cc1I. The molecular weight excluding hydrogens is 385 g/mol. The Hall–Kier alpha value is -1.07. The molecule has 0 aliphatic heterocycles. The third-order valence-electron chi connectivity index (χ3n) is 3.18. The molecule has 1 amide bonds. The highest BCUT2D eigenvalue weighted by molar-refractivity contribution is 14.1. The predicted octanol–water partition coefficient (Wildman–Crippen LogP) is 4.74. The first-order valence-corrected chi connectivity index (χ1v) is 7.76. The number of hydrogen-bond donors (Lipinski definition) is 1. The average molecular weight is 400 g/mol. The van der Waals surface area contributed by atoms with Crippen LogP contribution in [0.2, 0.25) is 5.02 Å². The fourth-order valence-electron chi connectivity index (χ4n) is 2.10. The molecule has 20 heavy (non-hydrogen) atoms. The van der Waals surface area contributed by atoms with Crippen molar-refractivity contribution in [3.8, 4) is 0 Å². The first-order valence-electron chi connectivity index (χ1n) is 6.30. The Morgan fingerprint density at radius 3 is 2.60 bits per heavy atom. The van der Waals surface area contributed by atoms with Gasteiger partial charge in [-0.05, 0) is 65.8 Å². The lowest BCUT2D eigenvalue weighted by molar-refractivity contribution is 0.0939. The molecule has 0 spiro atoms. The molecule has 1 atom stereocenters. The van der Waals surface area contributed by atoms with E-state index in [0.29, 0.717) is 10.6 Å². The lowest BCUT2D eigenvalue weighted by Gasteiger charge is -2.17. The smallest absolute Gasteiger partial charge is 0.252 e. The van der Waals surface area contributed by atoms with Crippen LogP contribution in [-0.2, 0) is 0 Å². The number of nitrogens with one attached hydrogen (secondary N) is 1. The van der Waals surface area contributed by atoms with E-state index in [1.165, 1.54) is 5.56 Å². The summed E-state index contributed by atoms with van der Waals surface area (Å²) in [5.74, 6) is -0.0816. The van der Waals surface area contributed by atoms with Crippen LogP contribution in [0.15, 0.2) is 42.5 Å². The Kier molecular flexibility index (Phi) is 5.05. The van der Waals surface area contributed by atoms with Gasteiger partial charge in [-0.3, -0.25) is 4.79 Å². The van der Waals surface area contributed by atoms with Gasteiger partial charge < -0.3 is 5.32 Å². The average Bonchev–Trinajstić information content (AvgIpc) is 2.38. The summed E-state index contributed by atoms with van der Waals surface area (Å²) in [6.45, 7) is 4.03. The zero-order valence-electron chi connectivity index (χ0n) is 11.3. The summed E-state index contributed by atoms with van der Waals surface area (Å²) in [4.78, 5) is 12.3. The molecule has 1 unspecified atom stereocenters. The van der Waals surface area contributed by atoms with Gasteiger partial charge in [-0.2, -0.15) is 0 Å². The van der Waals surface area contributed by atoms with Gasteiger partial charge in [0.1, 0.15) is 0 Å². The maximum atomic E-state index is 12.3. The monoisotopic (exact) mass is 399 g/mol. The minimum Gasteiger partial charge on any atom is -0.345 e.